The fraction of sp³-hybridized carbons (Fsp3) is 0.350. The van der Waals surface area contributed by atoms with E-state index in [0.717, 1.165) is 39.8 Å². The van der Waals surface area contributed by atoms with Gasteiger partial charge >= 0.3 is 0 Å². The lowest BCUT2D eigenvalue weighted by Gasteiger charge is -2.40. The topological polar surface area (TPSA) is 34.1 Å². The molecule has 0 aromatic heterocycles. The summed E-state index contributed by atoms with van der Waals surface area (Å²) in [5, 5.41) is 7.75. The average molecular weight is 357 g/mol. The van der Waals surface area contributed by atoms with Crippen molar-refractivity contribution in [1.82, 2.24) is 5.01 Å². The smallest absolute Gasteiger partial charge is 0.190 e. The number of rotatable bonds is 3. The lowest BCUT2D eigenvalue weighted by atomic mass is 9.95. The van der Waals surface area contributed by atoms with Crippen molar-refractivity contribution in [2.45, 2.75) is 32.5 Å². The quantitative estimate of drug-likeness (QED) is 0.786. The van der Waals surface area contributed by atoms with Crippen LogP contribution in [-0.2, 0) is 0 Å². The fourth-order valence-corrected chi connectivity index (χ4v) is 3.66. The van der Waals surface area contributed by atoms with Crippen LogP contribution in [0.15, 0.2) is 47.6 Å². The fourth-order valence-electron chi connectivity index (χ4n) is 3.53. The van der Waals surface area contributed by atoms with Gasteiger partial charge in [-0.05, 0) is 23.8 Å². The minimum Gasteiger partial charge on any atom is -0.493 e. The van der Waals surface area contributed by atoms with Crippen LogP contribution in [0.2, 0.25) is 5.02 Å². The number of nitrogens with zero attached hydrogens (tertiary/aromatic N) is 2. The molecule has 0 saturated carbocycles. The molecule has 2 aromatic rings. The van der Waals surface area contributed by atoms with Crippen molar-refractivity contribution >= 4 is 17.3 Å². The van der Waals surface area contributed by atoms with Gasteiger partial charge in [0.15, 0.2) is 17.7 Å². The lowest BCUT2D eigenvalue weighted by molar-refractivity contribution is -0.0476. The molecule has 0 N–H and O–H groups in total. The van der Waals surface area contributed by atoms with E-state index < -0.39 is 0 Å². The van der Waals surface area contributed by atoms with Gasteiger partial charge in [0.1, 0.15) is 0 Å². The van der Waals surface area contributed by atoms with E-state index >= 15 is 0 Å². The zero-order chi connectivity index (χ0) is 17.6. The van der Waals surface area contributed by atoms with E-state index in [0.29, 0.717) is 5.92 Å². The monoisotopic (exact) mass is 356 g/mol. The standard InChI is InChI=1S/C20H21ClN2O2/c1-12(2)20-23-17(15-5-4-6-18(24-3)19(15)25-20)11-16(22-23)13-7-9-14(21)10-8-13/h4-10,12,17,20H,11H2,1-3H3. The summed E-state index contributed by atoms with van der Waals surface area (Å²) in [5.41, 5.74) is 3.29. The first kappa shape index (κ1) is 16.3. The highest BCUT2D eigenvalue weighted by Crippen LogP contribution is 2.47. The van der Waals surface area contributed by atoms with E-state index in [1.54, 1.807) is 7.11 Å². The highest BCUT2D eigenvalue weighted by atomic mass is 35.5. The van der Waals surface area contributed by atoms with E-state index in [-0.39, 0.29) is 12.3 Å². The molecular formula is C20H21ClN2O2. The van der Waals surface area contributed by atoms with Gasteiger partial charge in [-0.15, -0.1) is 0 Å². The van der Waals surface area contributed by atoms with Crippen LogP contribution in [0.4, 0.5) is 0 Å². The Morgan fingerprint density at radius 1 is 1.20 bits per heavy atom. The Hall–Kier alpha value is -2.20. The van der Waals surface area contributed by atoms with Gasteiger partial charge in [-0.2, -0.15) is 5.10 Å². The summed E-state index contributed by atoms with van der Waals surface area (Å²) >= 11 is 6.02. The molecule has 0 bridgehead atoms. The number of ether oxygens (including phenoxy) is 2. The van der Waals surface area contributed by atoms with Crippen LogP contribution in [0.5, 0.6) is 11.5 Å². The summed E-state index contributed by atoms with van der Waals surface area (Å²) in [5.74, 6) is 1.93. The molecule has 0 fully saturated rings. The molecule has 25 heavy (non-hydrogen) atoms. The number of fused-ring (bicyclic) bond motifs is 3. The molecule has 0 spiro atoms. The Bertz CT molecular complexity index is 817. The predicted molar refractivity (Wildman–Crippen MR) is 99.4 cm³/mol. The third-order valence-corrected chi connectivity index (χ3v) is 5.03. The Morgan fingerprint density at radius 3 is 2.64 bits per heavy atom. The highest BCUT2D eigenvalue weighted by molar-refractivity contribution is 6.30. The van der Waals surface area contributed by atoms with Crippen molar-refractivity contribution in [2.75, 3.05) is 7.11 Å². The summed E-state index contributed by atoms with van der Waals surface area (Å²) in [6.07, 6.45) is 0.729. The van der Waals surface area contributed by atoms with Crippen molar-refractivity contribution in [1.29, 1.82) is 0 Å². The maximum atomic E-state index is 6.31. The first-order valence-corrected chi connectivity index (χ1v) is 8.91. The second-order valence-corrected chi connectivity index (χ2v) is 7.22. The van der Waals surface area contributed by atoms with E-state index in [2.05, 4.69) is 24.9 Å². The second kappa shape index (κ2) is 6.26. The Labute approximate surface area is 153 Å². The van der Waals surface area contributed by atoms with Gasteiger partial charge in [-0.1, -0.05) is 49.7 Å². The second-order valence-electron chi connectivity index (χ2n) is 6.78. The molecule has 2 unspecified atom stereocenters. The molecule has 0 aliphatic carbocycles. The van der Waals surface area contributed by atoms with Crippen molar-refractivity contribution in [2.24, 2.45) is 11.0 Å². The van der Waals surface area contributed by atoms with E-state index in [4.69, 9.17) is 26.2 Å². The first-order chi connectivity index (χ1) is 12.1. The molecular weight excluding hydrogens is 336 g/mol. The molecule has 130 valence electrons. The lowest BCUT2D eigenvalue weighted by Crippen LogP contribution is -2.43. The minimum absolute atomic E-state index is 0.112. The van der Waals surface area contributed by atoms with Gasteiger partial charge in [-0.25, -0.2) is 5.01 Å². The zero-order valence-electron chi connectivity index (χ0n) is 14.6. The zero-order valence-corrected chi connectivity index (χ0v) is 15.3. The van der Waals surface area contributed by atoms with E-state index in [1.165, 1.54) is 0 Å². The minimum atomic E-state index is -0.112. The van der Waals surface area contributed by atoms with Crippen molar-refractivity contribution < 1.29 is 9.47 Å². The molecule has 4 nitrogen and oxygen atoms in total. The Balaban J connectivity index is 1.76. The van der Waals surface area contributed by atoms with Gasteiger partial charge in [0.05, 0.1) is 18.9 Å². The van der Waals surface area contributed by atoms with Gasteiger partial charge in [0.25, 0.3) is 0 Å². The third kappa shape index (κ3) is 2.74. The van der Waals surface area contributed by atoms with Crippen molar-refractivity contribution in [3.05, 3.63) is 58.6 Å². The number of para-hydroxylation sites is 1. The molecule has 0 radical (unpaired) electrons. The molecule has 2 atom stereocenters. The molecule has 4 rings (SSSR count). The van der Waals surface area contributed by atoms with E-state index in [1.807, 2.05) is 36.4 Å². The average Bonchev–Trinajstić information content (AvgIpc) is 3.06. The SMILES string of the molecule is COc1cccc2c1OC(C(C)C)N1N=C(c3ccc(Cl)cc3)CC21. The molecule has 5 heteroatoms. The number of benzene rings is 2. The van der Waals surface area contributed by atoms with Crippen LogP contribution in [-0.4, -0.2) is 24.1 Å². The van der Waals surface area contributed by atoms with Gasteiger partial charge in [0, 0.05) is 22.9 Å². The highest BCUT2D eigenvalue weighted by Gasteiger charge is 2.42. The maximum absolute atomic E-state index is 6.31. The Morgan fingerprint density at radius 2 is 1.96 bits per heavy atom. The number of hydrogen-bond donors (Lipinski definition) is 0. The van der Waals surface area contributed by atoms with Gasteiger partial charge in [0.2, 0.25) is 0 Å². The number of hydrazone groups is 1. The van der Waals surface area contributed by atoms with Crippen LogP contribution in [0, 0.1) is 5.92 Å². The summed E-state index contributed by atoms with van der Waals surface area (Å²) < 4.78 is 11.8. The predicted octanol–water partition coefficient (Wildman–Crippen LogP) is 4.87. The molecule has 2 heterocycles. The maximum Gasteiger partial charge on any atom is 0.190 e. The number of methoxy groups -OCH3 is 1. The summed E-state index contributed by atoms with van der Waals surface area (Å²) in [7, 11) is 1.68. The van der Waals surface area contributed by atoms with Crippen LogP contribution >= 0.6 is 11.6 Å². The normalized spacial score (nSPS) is 21.5. The molecule has 0 saturated heterocycles. The number of hydrogen-bond acceptors (Lipinski definition) is 4. The molecule has 2 aliphatic rings. The summed E-state index contributed by atoms with van der Waals surface area (Å²) in [6.45, 7) is 4.30. The molecule has 2 aromatic carbocycles. The largest absolute Gasteiger partial charge is 0.493 e. The molecule has 0 amide bonds. The van der Waals surface area contributed by atoms with E-state index in [9.17, 15) is 0 Å². The summed E-state index contributed by atoms with van der Waals surface area (Å²) in [6, 6.07) is 14.1. The third-order valence-electron chi connectivity index (χ3n) is 4.78. The van der Waals surface area contributed by atoms with Crippen molar-refractivity contribution in [3.8, 4) is 11.5 Å². The summed E-state index contributed by atoms with van der Waals surface area (Å²) in [4.78, 5) is 0. The first-order valence-electron chi connectivity index (χ1n) is 8.54. The van der Waals surface area contributed by atoms with Gasteiger partial charge in [-0.3, -0.25) is 0 Å². The van der Waals surface area contributed by atoms with Gasteiger partial charge < -0.3 is 9.47 Å². The number of halogens is 1. The Kier molecular flexibility index (Phi) is 4.08. The van der Waals surface area contributed by atoms with Crippen LogP contribution in [0.1, 0.15) is 37.4 Å². The van der Waals surface area contributed by atoms with Crippen molar-refractivity contribution in [3.63, 3.8) is 0 Å². The van der Waals surface area contributed by atoms with Crippen LogP contribution in [0.25, 0.3) is 0 Å². The van der Waals surface area contributed by atoms with Crippen LogP contribution in [0.3, 0.4) is 0 Å². The molecule has 2 aliphatic heterocycles. The van der Waals surface area contributed by atoms with Crippen LogP contribution < -0.4 is 9.47 Å².